The fourth-order valence-corrected chi connectivity index (χ4v) is 5.62. The molecule has 1 amide bonds. The highest BCUT2D eigenvalue weighted by atomic mass is 32.1. The molecule has 7 heteroatoms. The van der Waals surface area contributed by atoms with Gasteiger partial charge < -0.3 is 10.1 Å². The maximum atomic E-state index is 12.8. The van der Waals surface area contributed by atoms with Crippen LogP contribution >= 0.6 is 11.3 Å². The minimum Gasteiger partial charge on any atom is -0.497 e. The Morgan fingerprint density at radius 3 is 2.69 bits per heavy atom. The Bertz CT molecular complexity index is 1340. The minimum atomic E-state index is -0.00283. The number of carbonyl (C=O) groups is 1. The van der Waals surface area contributed by atoms with Crippen LogP contribution in [0.25, 0.3) is 21.1 Å². The number of thiophene rings is 1. The molecule has 0 radical (unpaired) electrons. The molecule has 0 spiro atoms. The van der Waals surface area contributed by atoms with Crippen LogP contribution in [0.3, 0.4) is 0 Å². The minimum absolute atomic E-state index is 0.00283. The lowest BCUT2D eigenvalue weighted by Gasteiger charge is -2.28. The largest absolute Gasteiger partial charge is 0.497 e. The molecule has 2 aromatic carbocycles. The number of hydrogen-bond acceptors (Lipinski definition) is 4. The molecule has 0 saturated heterocycles. The number of nitrogens with one attached hydrogen (secondary N) is 1. The third-order valence-electron chi connectivity index (χ3n) is 6.73. The SMILES string of the molecule is COc1ccc2c(c1)n(CC1CCC(C(=O)Nc3ccc4sccc4c3)CC1)c(=O)n2C. The van der Waals surface area contributed by atoms with Crippen molar-refractivity contribution in [3.63, 3.8) is 0 Å². The van der Waals surface area contributed by atoms with Crippen LogP contribution in [0.1, 0.15) is 25.7 Å². The smallest absolute Gasteiger partial charge is 0.328 e. The molecule has 0 unspecified atom stereocenters. The fourth-order valence-electron chi connectivity index (χ4n) is 4.85. The van der Waals surface area contributed by atoms with E-state index in [1.165, 1.54) is 4.70 Å². The van der Waals surface area contributed by atoms with E-state index in [0.29, 0.717) is 12.5 Å². The van der Waals surface area contributed by atoms with E-state index in [0.717, 1.165) is 53.5 Å². The first-order valence-corrected chi connectivity index (χ1v) is 11.9. The third-order valence-corrected chi connectivity index (χ3v) is 7.63. The molecule has 5 rings (SSSR count). The van der Waals surface area contributed by atoms with Gasteiger partial charge in [0.1, 0.15) is 5.75 Å². The standard InChI is InChI=1S/C25H27N3O3S/c1-27-21-9-8-20(31-2)14-22(21)28(25(27)30)15-16-3-5-17(6-4-16)24(29)26-19-7-10-23-18(13-19)11-12-32-23/h7-14,16-17H,3-6,15H2,1-2H3,(H,26,29). The first kappa shape index (κ1) is 20.8. The van der Waals surface area contributed by atoms with Crippen LogP contribution in [-0.2, 0) is 18.4 Å². The number of benzene rings is 2. The number of methoxy groups -OCH3 is 1. The summed E-state index contributed by atoms with van der Waals surface area (Å²) in [6.45, 7) is 0.673. The number of ether oxygens (including phenoxy) is 1. The summed E-state index contributed by atoms with van der Waals surface area (Å²) in [6.07, 6.45) is 3.57. The van der Waals surface area contributed by atoms with E-state index in [-0.39, 0.29) is 17.5 Å². The van der Waals surface area contributed by atoms with E-state index in [9.17, 15) is 9.59 Å². The number of imidazole rings is 1. The molecule has 4 aromatic rings. The first-order chi connectivity index (χ1) is 15.5. The van der Waals surface area contributed by atoms with Gasteiger partial charge in [-0.2, -0.15) is 0 Å². The van der Waals surface area contributed by atoms with Crippen molar-refractivity contribution in [3.8, 4) is 5.75 Å². The van der Waals surface area contributed by atoms with Gasteiger partial charge in [-0.1, -0.05) is 0 Å². The molecule has 1 N–H and O–H groups in total. The van der Waals surface area contributed by atoms with Gasteiger partial charge in [0.25, 0.3) is 0 Å². The maximum absolute atomic E-state index is 12.8. The average Bonchev–Trinajstić information content (AvgIpc) is 3.37. The van der Waals surface area contributed by atoms with Crippen molar-refractivity contribution in [2.24, 2.45) is 18.9 Å². The first-order valence-electron chi connectivity index (χ1n) is 11.0. The molecule has 1 saturated carbocycles. The number of rotatable bonds is 5. The Labute approximate surface area is 190 Å². The van der Waals surface area contributed by atoms with E-state index in [4.69, 9.17) is 4.74 Å². The van der Waals surface area contributed by atoms with Crippen molar-refractivity contribution >= 4 is 44.1 Å². The Morgan fingerprint density at radius 2 is 1.91 bits per heavy atom. The molecule has 1 fully saturated rings. The number of aryl methyl sites for hydroxylation is 1. The molecule has 0 bridgehead atoms. The van der Waals surface area contributed by atoms with Crippen molar-refractivity contribution in [1.82, 2.24) is 9.13 Å². The molecular formula is C25H27N3O3S. The van der Waals surface area contributed by atoms with Crippen molar-refractivity contribution < 1.29 is 9.53 Å². The zero-order valence-electron chi connectivity index (χ0n) is 18.3. The summed E-state index contributed by atoms with van der Waals surface area (Å²) in [5, 5.41) is 6.33. The third kappa shape index (κ3) is 3.81. The predicted molar refractivity (Wildman–Crippen MR) is 130 cm³/mol. The molecule has 166 valence electrons. The van der Waals surface area contributed by atoms with Gasteiger partial charge in [0.15, 0.2) is 0 Å². The summed E-state index contributed by atoms with van der Waals surface area (Å²) in [7, 11) is 3.44. The second-order valence-electron chi connectivity index (χ2n) is 8.69. The monoisotopic (exact) mass is 449 g/mol. The van der Waals surface area contributed by atoms with Gasteiger partial charge in [-0.05, 0) is 78.8 Å². The Hall–Kier alpha value is -3.06. The van der Waals surface area contributed by atoms with Gasteiger partial charge in [-0.25, -0.2) is 4.79 Å². The topological polar surface area (TPSA) is 65.3 Å². The van der Waals surface area contributed by atoms with Gasteiger partial charge in [0, 0.05) is 36.0 Å². The molecule has 0 atom stereocenters. The molecule has 2 aromatic heterocycles. The van der Waals surface area contributed by atoms with E-state index >= 15 is 0 Å². The summed E-state index contributed by atoms with van der Waals surface area (Å²) in [6, 6.07) is 13.9. The zero-order chi connectivity index (χ0) is 22.2. The number of fused-ring (bicyclic) bond motifs is 2. The quantitative estimate of drug-likeness (QED) is 0.466. The van der Waals surface area contributed by atoms with E-state index in [1.54, 1.807) is 23.0 Å². The van der Waals surface area contributed by atoms with E-state index in [1.807, 2.05) is 41.9 Å². The summed E-state index contributed by atoms with van der Waals surface area (Å²) >= 11 is 1.70. The molecule has 1 aliphatic rings. The van der Waals surface area contributed by atoms with Crippen LogP contribution in [0, 0.1) is 11.8 Å². The number of anilines is 1. The second kappa shape index (κ2) is 8.47. The normalized spacial score (nSPS) is 18.8. The summed E-state index contributed by atoms with van der Waals surface area (Å²) in [5.74, 6) is 1.26. The second-order valence-corrected chi connectivity index (χ2v) is 9.63. The lowest BCUT2D eigenvalue weighted by Crippen LogP contribution is -2.30. The maximum Gasteiger partial charge on any atom is 0.328 e. The van der Waals surface area contributed by atoms with Crippen molar-refractivity contribution in [2.45, 2.75) is 32.2 Å². The van der Waals surface area contributed by atoms with Crippen LogP contribution in [0.2, 0.25) is 0 Å². The van der Waals surface area contributed by atoms with Crippen molar-refractivity contribution in [2.75, 3.05) is 12.4 Å². The van der Waals surface area contributed by atoms with Crippen LogP contribution in [0.4, 0.5) is 5.69 Å². The van der Waals surface area contributed by atoms with Crippen molar-refractivity contribution in [1.29, 1.82) is 0 Å². The number of carbonyl (C=O) groups excluding carboxylic acids is 1. The molecule has 1 aliphatic carbocycles. The molecule has 32 heavy (non-hydrogen) atoms. The van der Waals surface area contributed by atoms with Crippen LogP contribution in [-0.4, -0.2) is 22.2 Å². The molecular weight excluding hydrogens is 422 g/mol. The number of amides is 1. The summed E-state index contributed by atoms with van der Waals surface area (Å²) in [4.78, 5) is 25.7. The fraction of sp³-hybridized carbons (Fsp3) is 0.360. The van der Waals surface area contributed by atoms with Crippen molar-refractivity contribution in [3.05, 3.63) is 58.3 Å². The Kier molecular flexibility index (Phi) is 5.51. The molecule has 0 aliphatic heterocycles. The van der Waals surface area contributed by atoms with Gasteiger partial charge in [-0.15, -0.1) is 11.3 Å². The van der Waals surface area contributed by atoms with E-state index < -0.39 is 0 Å². The highest BCUT2D eigenvalue weighted by Gasteiger charge is 2.27. The van der Waals surface area contributed by atoms with Crippen LogP contribution in [0.5, 0.6) is 5.75 Å². The lowest BCUT2D eigenvalue weighted by atomic mass is 9.81. The number of aromatic nitrogens is 2. The molecule has 2 heterocycles. The predicted octanol–water partition coefficient (Wildman–Crippen LogP) is 5.01. The highest BCUT2D eigenvalue weighted by Crippen LogP contribution is 2.32. The molecule has 6 nitrogen and oxygen atoms in total. The van der Waals surface area contributed by atoms with E-state index in [2.05, 4.69) is 22.8 Å². The number of hydrogen-bond donors (Lipinski definition) is 1. The summed E-state index contributed by atoms with van der Waals surface area (Å²) < 4.78 is 10.1. The van der Waals surface area contributed by atoms with Crippen LogP contribution in [0.15, 0.2) is 52.6 Å². The highest BCUT2D eigenvalue weighted by molar-refractivity contribution is 7.17. The van der Waals surface area contributed by atoms with Crippen LogP contribution < -0.4 is 15.7 Å². The Morgan fingerprint density at radius 1 is 1.09 bits per heavy atom. The van der Waals surface area contributed by atoms with Gasteiger partial charge in [0.05, 0.1) is 18.1 Å². The van der Waals surface area contributed by atoms with Gasteiger partial charge >= 0.3 is 5.69 Å². The summed E-state index contributed by atoms with van der Waals surface area (Å²) in [5.41, 5.74) is 2.67. The van der Waals surface area contributed by atoms with Gasteiger partial charge in [-0.3, -0.25) is 13.9 Å². The zero-order valence-corrected chi connectivity index (χ0v) is 19.2. The average molecular weight is 450 g/mol. The Balaban J connectivity index is 1.24. The van der Waals surface area contributed by atoms with Gasteiger partial charge in [0.2, 0.25) is 5.91 Å². The lowest BCUT2D eigenvalue weighted by molar-refractivity contribution is -0.121. The number of nitrogens with zero attached hydrogens (tertiary/aromatic N) is 2.